The van der Waals surface area contributed by atoms with E-state index in [4.69, 9.17) is 4.74 Å². The number of carbonyl (C=O) groups excluding carboxylic acids is 1. The van der Waals surface area contributed by atoms with Crippen LogP contribution in [0.2, 0.25) is 0 Å². The quantitative estimate of drug-likeness (QED) is 0.699. The molecule has 0 heterocycles. The van der Waals surface area contributed by atoms with Gasteiger partial charge in [-0.15, -0.1) is 0 Å². The number of rotatable bonds is 5. The number of carbonyl (C=O) groups is 1. The number of hydrogen-bond acceptors (Lipinski definition) is 2. The van der Waals surface area contributed by atoms with Gasteiger partial charge >= 0.3 is 0 Å². The van der Waals surface area contributed by atoms with Crippen LogP contribution in [0.25, 0.3) is 0 Å². The minimum Gasteiger partial charge on any atom is -0.484 e. The van der Waals surface area contributed by atoms with Crippen molar-refractivity contribution in [2.45, 2.75) is 19.8 Å². The highest BCUT2D eigenvalue weighted by Crippen LogP contribution is 2.26. The van der Waals surface area contributed by atoms with Gasteiger partial charge in [-0.25, -0.2) is 0 Å². The van der Waals surface area contributed by atoms with Gasteiger partial charge in [-0.1, -0.05) is 41.9 Å². The van der Waals surface area contributed by atoms with Gasteiger partial charge in [0.25, 0.3) is 5.91 Å². The Morgan fingerprint density at radius 3 is 2.41 bits per heavy atom. The summed E-state index contributed by atoms with van der Waals surface area (Å²) in [5.74, 6) is 0.970. The lowest BCUT2D eigenvalue weighted by molar-refractivity contribution is -0.118. The molecular weight excluding hydrogens is 410 g/mol. The number of nitrogens with one attached hydrogen (secondary N) is 1. The van der Waals surface area contributed by atoms with Crippen LogP contribution in [-0.4, -0.2) is 12.5 Å². The molecule has 0 spiro atoms. The van der Waals surface area contributed by atoms with Crippen LogP contribution < -0.4 is 10.1 Å². The van der Waals surface area contributed by atoms with Crippen LogP contribution >= 0.6 is 31.9 Å². The first-order chi connectivity index (χ1) is 10.5. The summed E-state index contributed by atoms with van der Waals surface area (Å²) >= 11 is 6.78. The zero-order chi connectivity index (χ0) is 16.1. The Hall–Kier alpha value is -1.33. The largest absolute Gasteiger partial charge is 0.484 e. The smallest absolute Gasteiger partial charge is 0.262 e. The first-order valence-electron chi connectivity index (χ1n) is 6.93. The molecule has 0 aliphatic rings. The van der Waals surface area contributed by atoms with Gasteiger partial charge in [-0.2, -0.15) is 0 Å². The molecule has 0 aliphatic carbocycles. The molecule has 0 atom stereocenters. The summed E-state index contributed by atoms with van der Waals surface area (Å²) in [5.41, 5.74) is 1.96. The van der Waals surface area contributed by atoms with Crippen LogP contribution in [0.5, 0.6) is 5.75 Å². The predicted molar refractivity (Wildman–Crippen MR) is 96.5 cm³/mol. The van der Waals surface area contributed by atoms with Gasteiger partial charge < -0.3 is 10.1 Å². The van der Waals surface area contributed by atoms with Gasteiger partial charge in [0, 0.05) is 8.95 Å². The normalized spacial score (nSPS) is 10.6. The van der Waals surface area contributed by atoms with Crippen LogP contribution in [0, 0.1) is 0 Å². The number of hydrogen-bond donors (Lipinski definition) is 1. The highest BCUT2D eigenvalue weighted by molar-refractivity contribution is 9.11. The van der Waals surface area contributed by atoms with Crippen molar-refractivity contribution in [3.8, 4) is 5.75 Å². The Morgan fingerprint density at radius 2 is 1.82 bits per heavy atom. The maximum absolute atomic E-state index is 11.9. The lowest BCUT2D eigenvalue weighted by Crippen LogP contribution is -2.20. The molecule has 0 fully saturated rings. The second kappa shape index (κ2) is 7.79. The maximum atomic E-state index is 11.9. The zero-order valence-electron chi connectivity index (χ0n) is 12.4. The minimum atomic E-state index is -0.198. The minimum absolute atomic E-state index is 0.0243. The molecule has 0 radical (unpaired) electrons. The Kier molecular flexibility index (Phi) is 6.03. The molecule has 0 unspecified atom stereocenters. The molecule has 116 valence electrons. The fraction of sp³-hybridized carbons (Fsp3) is 0.235. The Morgan fingerprint density at radius 1 is 1.14 bits per heavy atom. The van der Waals surface area contributed by atoms with E-state index in [1.807, 2.05) is 42.5 Å². The van der Waals surface area contributed by atoms with E-state index in [1.54, 1.807) is 0 Å². The highest BCUT2D eigenvalue weighted by Gasteiger charge is 2.07. The fourth-order valence-corrected chi connectivity index (χ4v) is 3.02. The molecule has 3 nitrogen and oxygen atoms in total. The highest BCUT2D eigenvalue weighted by atomic mass is 79.9. The average molecular weight is 427 g/mol. The van der Waals surface area contributed by atoms with E-state index in [0.717, 1.165) is 8.95 Å². The van der Waals surface area contributed by atoms with E-state index in [1.165, 1.54) is 5.56 Å². The maximum Gasteiger partial charge on any atom is 0.262 e. The van der Waals surface area contributed by atoms with Crippen molar-refractivity contribution in [3.63, 3.8) is 0 Å². The summed E-state index contributed by atoms with van der Waals surface area (Å²) in [4.78, 5) is 11.9. The summed E-state index contributed by atoms with van der Waals surface area (Å²) in [6.45, 7) is 4.25. The second-order valence-corrected chi connectivity index (χ2v) is 6.95. The SMILES string of the molecule is CC(C)c1ccc(OCC(=O)Nc2ccc(Br)cc2Br)cc1. The molecule has 0 aliphatic heterocycles. The molecule has 1 N–H and O–H groups in total. The van der Waals surface area contributed by atoms with E-state index in [-0.39, 0.29) is 12.5 Å². The molecule has 2 aromatic carbocycles. The van der Waals surface area contributed by atoms with Gasteiger partial charge in [0.05, 0.1) is 5.69 Å². The van der Waals surface area contributed by atoms with Crippen LogP contribution in [0.1, 0.15) is 25.3 Å². The predicted octanol–water partition coefficient (Wildman–Crippen LogP) is 5.35. The molecule has 2 aromatic rings. The topological polar surface area (TPSA) is 38.3 Å². The fourth-order valence-electron chi connectivity index (χ4n) is 1.87. The number of anilines is 1. The summed E-state index contributed by atoms with van der Waals surface area (Å²) in [7, 11) is 0. The second-order valence-electron chi connectivity index (χ2n) is 5.18. The van der Waals surface area contributed by atoms with Crippen molar-refractivity contribution in [2.75, 3.05) is 11.9 Å². The summed E-state index contributed by atoms with van der Waals surface area (Å²) < 4.78 is 7.26. The van der Waals surface area contributed by atoms with E-state index in [0.29, 0.717) is 17.4 Å². The third-order valence-electron chi connectivity index (χ3n) is 3.12. The van der Waals surface area contributed by atoms with Crippen LogP contribution in [-0.2, 0) is 4.79 Å². The molecule has 0 saturated carbocycles. The molecule has 0 bridgehead atoms. The monoisotopic (exact) mass is 425 g/mol. The van der Waals surface area contributed by atoms with E-state index >= 15 is 0 Å². The molecule has 0 aromatic heterocycles. The molecule has 1 amide bonds. The Balaban J connectivity index is 1.89. The van der Waals surface area contributed by atoms with Gasteiger partial charge in [0.15, 0.2) is 6.61 Å². The third kappa shape index (κ3) is 4.85. The van der Waals surface area contributed by atoms with Crippen molar-refractivity contribution in [2.24, 2.45) is 0 Å². The standard InChI is InChI=1S/C17H17Br2NO2/c1-11(2)12-3-6-14(7-4-12)22-10-17(21)20-16-8-5-13(18)9-15(16)19/h3-9,11H,10H2,1-2H3,(H,20,21). The first-order valence-corrected chi connectivity index (χ1v) is 8.52. The summed E-state index contributed by atoms with van der Waals surface area (Å²) in [6.07, 6.45) is 0. The number of benzene rings is 2. The molecule has 22 heavy (non-hydrogen) atoms. The van der Waals surface area contributed by atoms with Crippen LogP contribution in [0.15, 0.2) is 51.4 Å². The Labute approximate surface area is 147 Å². The molecule has 0 saturated heterocycles. The summed E-state index contributed by atoms with van der Waals surface area (Å²) in [6, 6.07) is 13.4. The lowest BCUT2D eigenvalue weighted by atomic mass is 10.0. The summed E-state index contributed by atoms with van der Waals surface area (Å²) in [5, 5.41) is 2.81. The van der Waals surface area contributed by atoms with Gasteiger partial charge in [-0.3, -0.25) is 4.79 Å². The van der Waals surface area contributed by atoms with Crippen molar-refractivity contribution in [1.82, 2.24) is 0 Å². The van der Waals surface area contributed by atoms with Gasteiger partial charge in [0.2, 0.25) is 0 Å². The van der Waals surface area contributed by atoms with E-state index in [2.05, 4.69) is 51.0 Å². The van der Waals surface area contributed by atoms with Gasteiger partial charge in [-0.05, 0) is 57.7 Å². The van der Waals surface area contributed by atoms with Crippen molar-refractivity contribution in [3.05, 3.63) is 57.0 Å². The van der Waals surface area contributed by atoms with E-state index < -0.39 is 0 Å². The van der Waals surface area contributed by atoms with Crippen molar-refractivity contribution < 1.29 is 9.53 Å². The van der Waals surface area contributed by atoms with Gasteiger partial charge in [0.1, 0.15) is 5.75 Å². The molecule has 5 heteroatoms. The lowest BCUT2D eigenvalue weighted by Gasteiger charge is -2.10. The molecule has 2 rings (SSSR count). The number of halogens is 2. The number of amides is 1. The zero-order valence-corrected chi connectivity index (χ0v) is 15.6. The number of ether oxygens (including phenoxy) is 1. The first kappa shape index (κ1) is 17.0. The van der Waals surface area contributed by atoms with Crippen molar-refractivity contribution in [1.29, 1.82) is 0 Å². The average Bonchev–Trinajstić information content (AvgIpc) is 2.48. The molecular formula is C17H17Br2NO2. The third-order valence-corrected chi connectivity index (χ3v) is 4.27. The van der Waals surface area contributed by atoms with Crippen LogP contribution in [0.3, 0.4) is 0 Å². The Bertz CT molecular complexity index is 654. The van der Waals surface area contributed by atoms with E-state index in [9.17, 15) is 4.79 Å². The van der Waals surface area contributed by atoms with Crippen LogP contribution in [0.4, 0.5) is 5.69 Å². The van der Waals surface area contributed by atoms with Crippen molar-refractivity contribution >= 4 is 43.5 Å².